The van der Waals surface area contributed by atoms with Crippen molar-refractivity contribution in [3.63, 3.8) is 0 Å². The average Bonchev–Trinajstić information content (AvgIpc) is 3.06. The zero-order chi connectivity index (χ0) is 20.8. The fourth-order valence-electron chi connectivity index (χ4n) is 8.97. The van der Waals surface area contributed by atoms with E-state index in [-0.39, 0.29) is 6.10 Å². The molecule has 8 unspecified atom stereocenters. The number of aliphatic hydroxyl groups excluding tert-OH is 1. The summed E-state index contributed by atoms with van der Waals surface area (Å²) in [4.78, 5) is 0. The molecule has 0 spiro atoms. The number of hydrogen-bond donors (Lipinski definition) is 4. The van der Waals surface area contributed by atoms with Crippen molar-refractivity contribution in [1.82, 2.24) is 5.43 Å². The predicted molar refractivity (Wildman–Crippen MR) is 119 cm³/mol. The summed E-state index contributed by atoms with van der Waals surface area (Å²) in [6.07, 6.45) is 13.7. The first-order valence-electron chi connectivity index (χ1n) is 12.3. The van der Waals surface area contributed by atoms with Gasteiger partial charge in [0, 0.05) is 6.42 Å². The Balaban J connectivity index is 1.51. The second-order valence-electron chi connectivity index (χ2n) is 11.5. The Morgan fingerprint density at radius 3 is 2.59 bits per heavy atom. The molecule has 29 heavy (non-hydrogen) atoms. The number of rotatable bonds is 4. The molecule has 9 atom stereocenters. The van der Waals surface area contributed by atoms with Gasteiger partial charge < -0.3 is 16.4 Å². The largest absolute Gasteiger partial charge is 0.393 e. The third kappa shape index (κ3) is 3.40. The highest BCUT2D eigenvalue weighted by Crippen LogP contribution is 2.68. The van der Waals surface area contributed by atoms with Gasteiger partial charge in [0.2, 0.25) is 0 Å². The molecular formula is C24H44N4O. The highest BCUT2D eigenvalue weighted by atomic mass is 16.3. The smallest absolute Gasteiger partial charge is 0.135 e. The lowest BCUT2D eigenvalue weighted by atomic mass is 9.44. The molecule has 4 fully saturated rings. The number of amidine groups is 1. The first kappa shape index (κ1) is 21.4. The summed E-state index contributed by atoms with van der Waals surface area (Å²) in [5, 5.41) is 15.1. The van der Waals surface area contributed by atoms with Crippen LogP contribution in [-0.2, 0) is 0 Å². The summed E-state index contributed by atoms with van der Waals surface area (Å²) in [5.41, 5.74) is 3.48. The molecule has 6 N–H and O–H groups in total. The van der Waals surface area contributed by atoms with E-state index in [1.165, 1.54) is 51.4 Å². The monoisotopic (exact) mass is 404 g/mol. The van der Waals surface area contributed by atoms with Gasteiger partial charge in [-0.05, 0) is 97.7 Å². The first-order chi connectivity index (χ1) is 13.8. The zero-order valence-electron chi connectivity index (χ0n) is 18.9. The molecule has 0 aromatic rings. The molecule has 5 heteroatoms. The maximum absolute atomic E-state index is 11.3. The van der Waals surface area contributed by atoms with Crippen LogP contribution in [0.25, 0.3) is 0 Å². The topological polar surface area (TPSA) is 96.7 Å². The van der Waals surface area contributed by atoms with E-state index in [4.69, 9.17) is 11.7 Å². The summed E-state index contributed by atoms with van der Waals surface area (Å²) in [6, 6.07) is 0. The van der Waals surface area contributed by atoms with Crippen molar-refractivity contribution in [2.24, 2.45) is 63.1 Å². The van der Waals surface area contributed by atoms with Crippen LogP contribution in [-0.4, -0.2) is 17.0 Å². The second-order valence-corrected chi connectivity index (χ2v) is 11.5. The Morgan fingerprint density at radius 2 is 1.86 bits per heavy atom. The molecule has 0 amide bonds. The van der Waals surface area contributed by atoms with Gasteiger partial charge in [-0.25, -0.2) is 5.84 Å². The lowest BCUT2D eigenvalue weighted by Crippen LogP contribution is -2.57. The van der Waals surface area contributed by atoms with Crippen molar-refractivity contribution >= 4 is 5.84 Å². The standard InChI is InChI=1S/C24H44N4O/c1-15(7-10-21(27-25)28-26)17-8-9-18-22-19(11-13-24(17,18)3)23(2)12-5-4-6-16(23)14-20(22)29/h15-20,22,29H,4-14,25-26H2,1-3H3,(H,27,28)/t15-,16?,17?,18?,19?,20?,22?,23?,24?/m1/s1. The number of hydrogen-bond acceptors (Lipinski definition) is 4. The molecule has 0 aliphatic heterocycles. The third-order valence-corrected chi connectivity index (χ3v) is 10.5. The number of hydrazone groups is 1. The van der Waals surface area contributed by atoms with E-state index in [1.54, 1.807) is 0 Å². The quantitative estimate of drug-likeness (QED) is 0.245. The lowest BCUT2D eigenvalue weighted by Gasteiger charge is -2.62. The minimum atomic E-state index is -0.0766. The number of hydrazine groups is 1. The van der Waals surface area contributed by atoms with Gasteiger partial charge in [0.15, 0.2) is 0 Å². The number of nitrogens with zero attached hydrogens (tertiary/aromatic N) is 1. The van der Waals surface area contributed by atoms with Crippen LogP contribution < -0.4 is 17.1 Å². The summed E-state index contributed by atoms with van der Waals surface area (Å²) in [6.45, 7) is 7.56. The van der Waals surface area contributed by atoms with Crippen molar-refractivity contribution in [2.75, 3.05) is 0 Å². The highest BCUT2D eigenvalue weighted by molar-refractivity contribution is 5.81. The Bertz CT molecular complexity index is 624. The molecule has 0 bridgehead atoms. The summed E-state index contributed by atoms with van der Waals surface area (Å²) >= 11 is 0. The fraction of sp³-hybridized carbons (Fsp3) is 0.958. The van der Waals surface area contributed by atoms with E-state index in [9.17, 15) is 5.11 Å². The van der Waals surface area contributed by atoms with Gasteiger partial charge in [-0.3, -0.25) is 0 Å². The summed E-state index contributed by atoms with van der Waals surface area (Å²) in [5.74, 6) is 15.7. The first-order valence-corrected chi connectivity index (χ1v) is 12.3. The van der Waals surface area contributed by atoms with Gasteiger partial charge >= 0.3 is 0 Å². The van der Waals surface area contributed by atoms with Crippen LogP contribution in [0.15, 0.2) is 5.10 Å². The molecule has 5 nitrogen and oxygen atoms in total. The van der Waals surface area contributed by atoms with Crippen LogP contribution in [0.1, 0.15) is 91.4 Å². The second kappa shape index (κ2) is 8.03. The molecule has 166 valence electrons. The molecule has 4 aliphatic rings. The van der Waals surface area contributed by atoms with Gasteiger partial charge in [0.25, 0.3) is 0 Å². The SMILES string of the molecule is C[C@H](CC/C(=N/N)NN)C1CCC2C3C(O)CC4CCCCC4(C)C3CCC21C. The van der Waals surface area contributed by atoms with Gasteiger partial charge in [-0.1, -0.05) is 33.6 Å². The van der Waals surface area contributed by atoms with E-state index < -0.39 is 0 Å². The Hall–Kier alpha value is -0.810. The number of nitrogens with two attached hydrogens (primary N) is 2. The van der Waals surface area contributed by atoms with Crippen molar-refractivity contribution in [2.45, 2.75) is 97.5 Å². The Labute approximate surface area is 177 Å². The van der Waals surface area contributed by atoms with Crippen molar-refractivity contribution < 1.29 is 5.11 Å². The molecule has 0 radical (unpaired) electrons. The normalized spacial score (nSPS) is 48.4. The molecule has 0 heterocycles. The molecule has 4 aliphatic carbocycles. The van der Waals surface area contributed by atoms with Crippen LogP contribution in [0.2, 0.25) is 0 Å². The van der Waals surface area contributed by atoms with Crippen LogP contribution in [0.3, 0.4) is 0 Å². The molecular weight excluding hydrogens is 360 g/mol. The average molecular weight is 405 g/mol. The minimum absolute atomic E-state index is 0.0766. The van der Waals surface area contributed by atoms with Gasteiger partial charge in [0.05, 0.1) is 6.10 Å². The molecule has 0 aromatic heterocycles. The van der Waals surface area contributed by atoms with Crippen LogP contribution in [0, 0.1) is 46.3 Å². The summed E-state index contributed by atoms with van der Waals surface area (Å²) in [7, 11) is 0. The van der Waals surface area contributed by atoms with Gasteiger partial charge in [-0.2, -0.15) is 5.10 Å². The summed E-state index contributed by atoms with van der Waals surface area (Å²) < 4.78 is 0. The third-order valence-electron chi connectivity index (χ3n) is 10.5. The van der Waals surface area contributed by atoms with E-state index in [0.717, 1.165) is 37.0 Å². The van der Waals surface area contributed by atoms with Crippen molar-refractivity contribution in [3.05, 3.63) is 0 Å². The molecule has 0 saturated heterocycles. The molecule has 4 rings (SSSR count). The predicted octanol–water partition coefficient (Wildman–Crippen LogP) is 4.16. The van der Waals surface area contributed by atoms with E-state index >= 15 is 0 Å². The number of fused-ring (bicyclic) bond motifs is 5. The van der Waals surface area contributed by atoms with E-state index in [2.05, 4.69) is 31.3 Å². The van der Waals surface area contributed by atoms with Crippen LogP contribution in [0.4, 0.5) is 0 Å². The zero-order valence-corrected chi connectivity index (χ0v) is 18.9. The van der Waals surface area contributed by atoms with Crippen molar-refractivity contribution in [1.29, 1.82) is 0 Å². The van der Waals surface area contributed by atoms with Crippen molar-refractivity contribution in [3.8, 4) is 0 Å². The van der Waals surface area contributed by atoms with E-state index in [1.807, 2.05) is 0 Å². The Morgan fingerprint density at radius 1 is 1.10 bits per heavy atom. The van der Waals surface area contributed by atoms with Gasteiger partial charge in [-0.15, -0.1) is 0 Å². The Kier molecular flexibility index (Phi) is 5.93. The maximum atomic E-state index is 11.3. The maximum Gasteiger partial charge on any atom is 0.135 e. The highest BCUT2D eigenvalue weighted by Gasteiger charge is 2.62. The van der Waals surface area contributed by atoms with Crippen LogP contribution in [0.5, 0.6) is 0 Å². The number of nitrogens with one attached hydrogen (secondary N) is 1. The minimum Gasteiger partial charge on any atom is -0.393 e. The lowest BCUT2D eigenvalue weighted by molar-refractivity contribution is -0.164. The molecule has 0 aromatic carbocycles. The molecule has 4 saturated carbocycles. The fourth-order valence-corrected chi connectivity index (χ4v) is 8.97. The van der Waals surface area contributed by atoms with Crippen LogP contribution >= 0.6 is 0 Å². The van der Waals surface area contributed by atoms with Gasteiger partial charge in [0.1, 0.15) is 5.84 Å². The van der Waals surface area contributed by atoms with E-state index in [0.29, 0.717) is 34.4 Å². The number of aliphatic hydroxyl groups is 1.